The van der Waals surface area contributed by atoms with E-state index in [0.717, 1.165) is 56.0 Å². The van der Waals surface area contributed by atoms with Crippen LogP contribution in [0.5, 0.6) is 0 Å². The Hall–Kier alpha value is -0.120. The third kappa shape index (κ3) is 1.92. The summed E-state index contributed by atoms with van der Waals surface area (Å²) in [6, 6.07) is 0.792. The van der Waals surface area contributed by atoms with E-state index in [1.165, 1.54) is 25.7 Å². The van der Waals surface area contributed by atoms with Gasteiger partial charge in [0, 0.05) is 19.1 Å². The lowest BCUT2D eigenvalue weighted by molar-refractivity contribution is -0.0648. The van der Waals surface area contributed by atoms with Gasteiger partial charge in [0.05, 0.1) is 13.2 Å². The fourth-order valence-electron chi connectivity index (χ4n) is 5.04. The summed E-state index contributed by atoms with van der Waals surface area (Å²) >= 11 is 0. The fourth-order valence-corrected chi connectivity index (χ4v) is 5.04. The van der Waals surface area contributed by atoms with Crippen molar-refractivity contribution in [1.29, 1.82) is 0 Å². The summed E-state index contributed by atoms with van der Waals surface area (Å²) in [5.74, 6) is 4.13. The summed E-state index contributed by atoms with van der Waals surface area (Å²) in [4.78, 5) is 0. The molecule has 0 aromatic heterocycles. The van der Waals surface area contributed by atoms with Crippen molar-refractivity contribution in [2.75, 3.05) is 26.3 Å². The van der Waals surface area contributed by atoms with Gasteiger partial charge < -0.3 is 4.74 Å². The lowest BCUT2D eigenvalue weighted by Gasteiger charge is -2.55. The summed E-state index contributed by atoms with van der Waals surface area (Å²) in [5.41, 5.74) is 3.85. The van der Waals surface area contributed by atoms with Gasteiger partial charge in [0.15, 0.2) is 0 Å². The number of rotatable bonds is 2. The molecule has 5 rings (SSSR count). The summed E-state index contributed by atoms with van der Waals surface area (Å²) in [6.45, 7) is 3.95. The van der Waals surface area contributed by atoms with Gasteiger partial charge in [-0.2, -0.15) is 0 Å². The molecule has 0 amide bonds. The fraction of sp³-hybridized carbons (Fsp3) is 1.00. The Balaban J connectivity index is 1.43. The van der Waals surface area contributed by atoms with E-state index in [1.54, 1.807) is 6.42 Å². The second-order valence-electron chi connectivity index (χ2n) is 6.69. The van der Waals surface area contributed by atoms with Gasteiger partial charge in [0.2, 0.25) is 0 Å². The largest absolute Gasteiger partial charge is 0.379 e. The first-order chi connectivity index (χ1) is 8.38. The van der Waals surface area contributed by atoms with Gasteiger partial charge >= 0.3 is 0 Å². The maximum Gasteiger partial charge on any atom is 0.0608 e. The minimum atomic E-state index is 0.792. The monoisotopic (exact) mass is 236 g/mol. The molecule has 0 aromatic rings. The topological polar surface area (TPSA) is 24.5 Å². The van der Waals surface area contributed by atoms with E-state index in [0.29, 0.717) is 0 Å². The van der Waals surface area contributed by atoms with Gasteiger partial charge in [-0.1, -0.05) is 0 Å². The van der Waals surface area contributed by atoms with Crippen LogP contribution in [0.25, 0.3) is 0 Å². The molecule has 5 fully saturated rings. The molecule has 3 heteroatoms. The normalized spacial score (nSPS) is 49.8. The highest BCUT2D eigenvalue weighted by atomic mass is 16.5. The van der Waals surface area contributed by atoms with E-state index < -0.39 is 0 Å². The molecule has 4 saturated carbocycles. The number of nitrogens with one attached hydrogen (secondary N) is 1. The summed E-state index contributed by atoms with van der Waals surface area (Å²) in [5, 5.41) is 2.43. The Morgan fingerprint density at radius 1 is 0.824 bits per heavy atom. The number of morpholine rings is 1. The zero-order valence-corrected chi connectivity index (χ0v) is 10.6. The predicted octanol–water partition coefficient (Wildman–Crippen LogP) is 1.65. The van der Waals surface area contributed by atoms with Gasteiger partial charge in [-0.25, -0.2) is 5.01 Å². The molecule has 0 spiro atoms. The van der Waals surface area contributed by atoms with E-state index in [1.807, 2.05) is 0 Å². The Bertz CT molecular complexity index is 260. The molecule has 4 bridgehead atoms. The van der Waals surface area contributed by atoms with Crippen LogP contribution in [0.4, 0.5) is 0 Å². The average Bonchev–Trinajstić information content (AvgIpc) is 2.34. The standard InChI is InChI=1S/C14H24N2O/c1-3-17-4-2-16(1)15-14-12-6-10-5-11(8-12)9-13(14)7-10/h10-15H,1-9H2. The smallest absolute Gasteiger partial charge is 0.0608 e. The molecule has 96 valence electrons. The number of hydrogen-bond donors (Lipinski definition) is 1. The maximum atomic E-state index is 5.43. The van der Waals surface area contributed by atoms with Crippen molar-refractivity contribution in [2.24, 2.45) is 23.7 Å². The van der Waals surface area contributed by atoms with E-state index in [9.17, 15) is 0 Å². The highest BCUT2D eigenvalue weighted by Crippen LogP contribution is 2.53. The van der Waals surface area contributed by atoms with E-state index in [4.69, 9.17) is 4.74 Å². The van der Waals surface area contributed by atoms with Crippen molar-refractivity contribution in [1.82, 2.24) is 10.4 Å². The molecule has 4 aliphatic carbocycles. The van der Waals surface area contributed by atoms with Crippen LogP contribution < -0.4 is 5.43 Å². The van der Waals surface area contributed by atoms with Crippen LogP contribution in [-0.4, -0.2) is 37.4 Å². The van der Waals surface area contributed by atoms with E-state index in [-0.39, 0.29) is 0 Å². The van der Waals surface area contributed by atoms with Crippen molar-refractivity contribution in [3.8, 4) is 0 Å². The SMILES string of the molecule is C1CN(NC2C3CC4CC(C3)CC2C4)CCO1. The van der Waals surface area contributed by atoms with Crippen LogP contribution in [0.1, 0.15) is 32.1 Å². The summed E-state index contributed by atoms with van der Waals surface area (Å²) < 4.78 is 5.43. The molecular formula is C14H24N2O. The summed E-state index contributed by atoms with van der Waals surface area (Å²) in [7, 11) is 0. The number of nitrogens with zero attached hydrogens (tertiary/aromatic N) is 1. The highest BCUT2D eigenvalue weighted by Gasteiger charge is 2.48. The first kappa shape index (κ1) is 10.8. The third-order valence-corrected chi connectivity index (χ3v) is 5.57. The molecule has 1 saturated heterocycles. The van der Waals surface area contributed by atoms with Crippen molar-refractivity contribution in [3.63, 3.8) is 0 Å². The van der Waals surface area contributed by atoms with Crippen molar-refractivity contribution in [2.45, 2.75) is 38.1 Å². The van der Waals surface area contributed by atoms with Crippen molar-refractivity contribution in [3.05, 3.63) is 0 Å². The van der Waals surface area contributed by atoms with E-state index in [2.05, 4.69) is 10.4 Å². The lowest BCUT2D eigenvalue weighted by Crippen LogP contribution is -2.60. The molecule has 0 atom stereocenters. The van der Waals surface area contributed by atoms with Gasteiger partial charge in [-0.05, 0) is 55.8 Å². The van der Waals surface area contributed by atoms with Crippen LogP contribution in [-0.2, 0) is 4.74 Å². The van der Waals surface area contributed by atoms with Crippen molar-refractivity contribution >= 4 is 0 Å². The zero-order chi connectivity index (χ0) is 11.2. The highest BCUT2D eigenvalue weighted by molar-refractivity contribution is 5.01. The number of hydrazine groups is 1. The van der Waals surface area contributed by atoms with Gasteiger partial charge in [0.1, 0.15) is 0 Å². The summed E-state index contributed by atoms with van der Waals surface area (Å²) in [6.07, 6.45) is 7.59. The van der Waals surface area contributed by atoms with Crippen LogP contribution in [0.15, 0.2) is 0 Å². The first-order valence-electron chi connectivity index (χ1n) is 7.47. The minimum Gasteiger partial charge on any atom is -0.379 e. The molecule has 1 aliphatic heterocycles. The first-order valence-corrected chi connectivity index (χ1v) is 7.47. The van der Waals surface area contributed by atoms with Gasteiger partial charge in [-0.3, -0.25) is 5.43 Å². The van der Waals surface area contributed by atoms with Gasteiger partial charge in [-0.15, -0.1) is 0 Å². The Morgan fingerprint density at radius 3 is 2.00 bits per heavy atom. The maximum absolute atomic E-state index is 5.43. The molecular weight excluding hydrogens is 212 g/mol. The molecule has 1 heterocycles. The molecule has 0 aromatic carbocycles. The minimum absolute atomic E-state index is 0.792. The Morgan fingerprint density at radius 2 is 1.41 bits per heavy atom. The predicted molar refractivity (Wildman–Crippen MR) is 66.4 cm³/mol. The quantitative estimate of drug-likeness (QED) is 0.789. The second kappa shape index (κ2) is 4.22. The second-order valence-corrected chi connectivity index (χ2v) is 6.69. The van der Waals surface area contributed by atoms with Crippen molar-refractivity contribution < 1.29 is 4.74 Å². The molecule has 17 heavy (non-hydrogen) atoms. The van der Waals surface area contributed by atoms with Crippen LogP contribution in [0.2, 0.25) is 0 Å². The molecule has 0 radical (unpaired) electrons. The van der Waals surface area contributed by atoms with Gasteiger partial charge in [0.25, 0.3) is 0 Å². The molecule has 1 N–H and O–H groups in total. The van der Waals surface area contributed by atoms with Crippen LogP contribution in [0, 0.1) is 23.7 Å². The number of hydrogen-bond acceptors (Lipinski definition) is 3. The Kier molecular flexibility index (Phi) is 2.67. The molecule has 0 unspecified atom stereocenters. The van der Waals surface area contributed by atoms with E-state index >= 15 is 0 Å². The zero-order valence-electron chi connectivity index (χ0n) is 10.6. The number of ether oxygens (including phenoxy) is 1. The van der Waals surface area contributed by atoms with Crippen LogP contribution >= 0.6 is 0 Å². The molecule has 5 aliphatic rings. The Labute approximate surface area is 104 Å². The average molecular weight is 236 g/mol. The third-order valence-electron chi connectivity index (χ3n) is 5.57. The lowest BCUT2D eigenvalue weighted by atomic mass is 9.54. The van der Waals surface area contributed by atoms with Crippen LogP contribution in [0.3, 0.4) is 0 Å². The molecule has 3 nitrogen and oxygen atoms in total.